The van der Waals surface area contributed by atoms with Crippen molar-refractivity contribution in [1.82, 2.24) is 0 Å². The van der Waals surface area contributed by atoms with Crippen molar-refractivity contribution in [3.63, 3.8) is 0 Å². The predicted octanol–water partition coefficient (Wildman–Crippen LogP) is 2.75. The zero-order valence-corrected chi connectivity index (χ0v) is 8.81. The van der Waals surface area contributed by atoms with Crippen LogP contribution in [0.2, 0.25) is 0 Å². The molecule has 0 aliphatic heterocycles. The first-order chi connectivity index (χ1) is 5.25. The summed E-state index contributed by atoms with van der Waals surface area (Å²) >= 11 is 0. The molecule has 0 aromatic rings. The minimum absolute atomic E-state index is 0.0301. The Balaban J connectivity index is 3.00. The second-order valence-electron chi connectivity index (χ2n) is 5.44. The molecule has 0 bridgehead atoms. The number of aliphatic hydroxyl groups is 1. The molecule has 0 radical (unpaired) electrons. The summed E-state index contributed by atoms with van der Waals surface area (Å²) in [6, 6.07) is 0. The predicted molar refractivity (Wildman–Crippen MR) is 51.9 cm³/mol. The molecule has 12 heavy (non-hydrogen) atoms. The minimum Gasteiger partial charge on any atom is -0.388 e. The zero-order valence-electron chi connectivity index (χ0n) is 8.81. The lowest BCUT2D eigenvalue weighted by molar-refractivity contribution is 0.0384. The van der Waals surface area contributed by atoms with E-state index in [1.165, 1.54) is 0 Å². The molecule has 0 heterocycles. The lowest BCUT2D eigenvalue weighted by atomic mass is 9.65. The fourth-order valence-corrected chi connectivity index (χ4v) is 2.63. The monoisotopic (exact) mass is 168 g/mol. The third-order valence-electron chi connectivity index (χ3n) is 2.70. The SMILES string of the molecule is CC1=CC(C)(C)CC(C)(C)C1O. The van der Waals surface area contributed by atoms with E-state index in [0.29, 0.717) is 0 Å². The van der Waals surface area contributed by atoms with Crippen molar-refractivity contribution in [1.29, 1.82) is 0 Å². The normalized spacial score (nSPS) is 32.8. The first kappa shape index (κ1) is 9.79. The maximum absolute atomic E-state index is 9.87. The van der Waals surface area contributed by atoms with Gasteiger partial charge in [-0.25, -0.2) is 0 Å². The highest BCUT2D eigenvalue weighted by molar-refractivity contribution is 5.18. The highest BCUT2D eigenvalue weighted by Gasteiger charge is 2.38. The topological polar surface area (TPSA) is 20.2 Å². The van der Waals surface area contributed by atoms with Crippen LogP contribution in [0.5, 0.6) is 0 Å². The summed E-state index contributed by atoms with van der Waals surface area (Å²) in [5.74, 6) is 0. The van der Waals surface area contributed by atoms with E-state index in [1.54, 1.807) is 0 Å². The highest BCUT2D eigenvalue weighted by atomic mass is 16.3. The standard InChI is InChI=1S/C11H20O/c1-8-6-10(2,3)7-11(4,5)9(8)12/h6,9,12H,7H2,1-5H3. The summed E-state index contributed by atoms with van der Waals surface area (Å²) in [6.07, 6.45) is 2.99. The van der Waals surface area contributed by atoms with Crippen LogP contribution in [0, 0.1) is 10.8 Å². The van der Waals surface area contributed by atoms with Gasteiger partial charge in [-0.3, -0.25) is 0 Å². The van der Waals surface area contributed by atoms with Gasteiger partial charge in [-0.2, -0.15) is 0 Å². The Hall–Kier alpha value is -0.300. The van der Waals surface area contributed by atoms with Crippen LogP contribution in [-0.4, -0.2) is 11.2 Å². The number of hydrogen-bond donors (Lipinski definition) is 1. The van der Waals surface area contributed by atoms with Gasteiger partial charge >= 0.3 is 0 Å². The molecule has 70 valence electrons. The number of rotatable bonds is 0. The van der Waals surface area contributed by atoms with E-state index in [0.717, 1.165) is 12.0 Å². The van der Waals surface area contributed by atoms with Gasteiger partial charge in [-0.1, -0.05) is 33.8 Å². The van der Waals surface area contributed by atoms with Crippen molar-refractivity contribution in [2.75, 3.05) is 0 Å². The third kappa shape index (κ3) is 1.71. The van der Waals surface area contributed by atoms with Crippen molar-refractivity contribution >= 4 is 0 Å². The van der Waals surface area contributed by atoms with Crippen molar-refractivity contribution in [2.24, 2.45) is 10.8 Å². The van der Waals surface area contributed by atoms with Gasteiger partial charge < -0.3 is 5.11 Å². The summed E-state index contributed by atoms with van der Waals surface area (Å²) in [4.78, 5) is 0. The average molecular weight is 168 g/mol. The van der Waals surface area contributed by atoms with Crippen LogP contribution in [0.4, 0.5) is 0 Å². The molecular formula is C11H20O. The quantitative estimate of drug-likeness (QED) is 0.551. The molecule has 0 saturated carbocycles. The molecule has 1 unspecified atom stereocenters. The van der Waals surface area contributed by atoms with Crippen LogP contribution in [-0.2, 0) is 0 Å². The van der Waals surface area contributed by atoms with E-state index < -0.39 is 0 Å². The molecule has 1 rings (SSSR count). The number of allylic oxidation sites excluding steroid dienone is 1. The molecule has 0 saturated heterocycles. The number of aliphatic hydroxyl groups excluding tert-OH is 1. The van der Waals surface area contributed by atoms with Crippen LogP contribution < -0.4 is 0 Å². The molecule has 1 nitrogen and oxygen atoms in total. The Morgan fingerprint density at radius 3 is 2.25 bits per heavy atom. The Kier molecular flexibility index (Phi) is 2.12. The fourth-order valence-electron chi connectivity index (χ4n) is 2.63. The van der Waals surface area contributed by atoms with Crippen LogP contribution in [0.25, 0.3) is 0 Å². The first-order valence-electron chi connectivity index (χ1n) is 4.62. The van der Waals surface area contributed by atoms with E-state index >= 15 is 0 Å². The molecule has 1 aliphatic rings. The van der Waals surface area contributed by atoms with Crippen LogP contribution in [0.15, 0.2) is 11.6 Å². The average Bonchev–Trinajstić information content (AvgIpc) is 1.79. The van der Waals surface area contributed by atoms with Crippen LogP contribution in [0.1, 0.15) is 41.0 Å². The lowest BCUT2D eigenvalue weighted by Gasteiger charge is -2.42. The Bertz CT molecular complexity index is 211. The molecular weight excluding hydrogens is 148 g/mol. The third-order valence-corrected chi connectivity index (χ3v) is 2.70. The van der Waals surface area contributed by atoms with Crippen molar-refractivity contribution in [2.45, 2.75) is 47.1 Å². The molecule has 0 amide bonds. The van der Waals surface area contributed by atoms with Gasteiger partial charge in [-0.15, -0.1) is 0 Å². The second-order valence-corrected chi connectivity index (χ2v) is 5.44. The Morgan fingerprint density at radius 1 is 1.33 bits per heavy atom. The van der Waals surface area contributed by atoms with Crippen molar-refractivity contribution < 1.29 is 5.11 Å². The van der Waals surface area contributed by atoms with Gasteiger partial charge in [0.25, 0.3) is 0 Å². The Morgan fingerprint density at radius 2 is 1.83 bits per heavy atom. The van der Waals surface area contributed by atoms with E-state index in [4.69, 9.17) is 0 Å². The van der Waals surface area contributed by atoms with Gasteiger partial charge in [0.1, 0.15) is 0 Å². The molecule has 1 N–H and O–H groups in total. The highest BCUT2D eigenvalue weighted by Crippen LogP contribution is 2.44. The largest absolute Gasteiger partial charge is 0.388 e. The van der Waals surface area contributed by atoms with E-state index in [1.807, 2.05) is 6.92 Å². The van der Waals surface area contributed by atoms with Crippen molar-refractivity contribution in [3.8, 4) is 0 Å². The summed E-state index contributed by atoms with van der Waals surface area (Å²) in [5.41, 5.74) is 1.39. The van der Waals surface area contributed by atoms with E-state index in [-0.39, 0.29) is 16.9 Å². The van der Waals surface area contributed by atoms with E-state index in [9.17, 15) is 5.11 Å². The maximum Gasteiger partial charge on any atom is 0.0798 e. The van der Waals surface area contributed by atoms with Crippen LogP contribution >= 0.6 is 0 Å². The molecule has 0 fully saturated rings. The molecule has 1 heteroatoms. The smallest absolute Gasteiger partial charge is 0.0798 e. The van der Waals surface area contributed by atoms with Crippen molar-refractivity contribution in [3.05, 3.63) is 11.6 Å². The Labute approximate surface area is 75.5 Å². The van der Waals surface area contributed by atoms with Gasteiger partial charge in [0, 0.05) is 0 Å². The first-order valence-corrected chi connectivity index (χ1v) is 4.62. The van der Waals surface area contributed by atoms with Gasteiger partial charge in [0.15, 0.2) is 0 Å². The number of hydrogen-bond acceptors (Lipinski definition) is 1. The molecule has 0 aromatic carbocycles. The fraction of sp³-hybridized carbons (Fsp3) is 0.818. The summed E-state index contributed by atoms with van der Waals surface area (Å²) < 4.78 is 0. The van der Waals surface area contributed by atoms with E-state index in [2.05, 4.69) is 33.8 Å². The molecule has 1 atom stereocenters. The summed E-state index contributed by atoms with van der Waals surface area (Å²) in [6.45, 7) is 10.7. The zero-order chi connectivity index (χ0) is 9.57. The lowest BCUT2D eigenvalue weighted by Crippen LogP contribution is -2.38. The van der Waals surface area contributed by atoms with Gasteiger partial charge in [0.05, 0.1) is 6.10 Å². The maximum atomic E-state index is 9.87. The second kappa shape index (κ2) is 2.59. The minimum atomic E-state index is -0.259. The molecule has 0 aromatic heterocycles. The van der Waals surface area contributed by atoms with Crippen LogP contribution in [0.3, 0.4) is 0 Å². The summed E-state index contributed by atoms with van der Waals surface area (Å²) in [7, 11) is 0. The molecule has 1 aliphatic carbocycles. The van der Waals surface area contributed by atoms with Gasteiger partial charge in [0.2, 0.25) is 0 Å². The molecule has 0 spiro atoms. The summed E-state index contributed by atoms with van der Waals surface area (Å²) in [5, 5.41) is 9.87. The van der Waals surface area contributed by atoms with Gasteiger partial charge in [-0.05, 0) is 29.7 Å².